The average molecular weight is 280 g/mol. The fraction of sp³-hybridized carbons (Fsp3) is 0.231. The van der Waals surface area contributed by atoms with Crippen molar-refractivity contribution in [2.45, 2.75) is 6.42 Å². The lowest BCUT2D eigenvalue weighted by Gasteiger charge is -2.09. The van der Waals surface area contributed by atoms with Crippen LogP contribution in [0.3, 0.4) is 0 Å². The number of imide groups is 1. The average Bonchev–Trinajstić information content (AvgIpc) is 2.65. The summed E-state index contributed by atoms with van der Waals surface area (Å²) in [5.74, 6) is -0.326. The van der Waals surface area contributed by atoms with Gasteiger partial charge in [-0.25, -0.2) is 4.79 Å². The molecule has 0 unspecified atom stereocenters. The van der Waals surface area contributed by atoms with Crippen molar-refractivity contribution in [3.8, 4) is 0 Å². The van der Waals surface area contributed by atoms with Crippen LogP contribution in [-0.4, -0.2) is 29.9 Å². The van der Waals surface area contributed by atoms with Crippen LogP contribution in [0.2, 0.25) is 5.02 Å². The van der Waals surface area contributed by atoms with E-state index in [4.69, 9.17) is 17.3 Å². The Bertz CT molecular complexity index is 525. The van der Waals surface area contributed by atoms with E-state index >= 15 is 0 Å². The van der Waals surface area contributed by atoms with Gasteiger partial charge in [0.1, 0.15) is 5.70 Å². The molecule has 1 aliphatic heterocycles. The number of nitrogens with one attached hydrogen (secondary N) is 1. The largest absolute Gasteiger partial charge is 0.330 e. The predicted molar refractivity (Wildman–Crippen MR) is 73.3 cm³/mol. The summed E-state index contributed by atoms with van der Waals surface area (Å²) in [6, 6.07) is 6.59. The summed E-state index contributed by atoms with van der Waals surface area (Å²) in [5.41, 5.74) is 6.44. The third-order valence-electron chi connectivity index (χ3n) is 2.73. The van der Waals surface area contributed by atoms with Crippen molar-refractivity contribution in [2.75, 3.05) is 13.1 Å². The lowest BCUT2D eigenvalue weighted by Crippen LogP contribution is -2.32. The first-order valence-corrected chi connectivity index (χ1v) is 6.30. The molecule has 1 fully saturated rings. The highest BCUT2D eigenvalue weighted by molar-refractivity contribution is 6.30. The number of carbonyl (C=O) groups excluding carboxylic acids is 2. The van der Waals surface area contributed by atoms with E-state index in [0.717, 1.165) is 10.5 Å². The Morgan fingerprint density at radius 2 is 1.95 bits per heavy atom. The predicted octanol–water partition coefficient (Wildman–Crippen LogP) is 1.58. The molecule has 0 saturated carbocycles. The van der Waals surface area contributed by atoms with E-state index in [1.807, 2.05) is 0 Å². The zero-order valence-electron chi connectivity index (χ0n) is 10.2. The third kappa shape index (κ3) is 3.13. The van der Waals surface area contributed by atoms with Crippen molar-refractivity contribution in [1.82, 2.24) is 10.2 Å². The summed E-state index contributed by atoms with van der Waals surface area (Å²) in [6.45, 7) is 0.770. The van der Waals surface area contributed by atoms with Gasteiger partial charge in [-0.05, 0) is 36.7 Å². The number of nitrogens with zero attached hydrogens (tertiary/aromatic N) is 1. The number of urea groups is 1. The molecule has 6 heteroatoms. The molecule has 2 rings (SSSR count). The maximum atomic E-state index is 12.0. The van der Waals surface area contributed by atoms with E-state index in [9.17, 15) is 9.59 Å². The molecule has 1 aromatic rings. The van der Waals surface area contributed by atoms with E-state index in [-0.39, 0.29) is 11.6 Å². The number of nitrogens with two attached hydrogens (primary N) is 1. The van der Waals surface area contributed by atoms with Gasteiger partial charge >= 0.3 is 6.03 Å². The summed E-state index contributed by atoms with van der Waals surface area (Å²) >= 11 is 5.78. The number of benzene rings is 1. The first-order valence-electron chi connectivity index (χ1n) is 5.92. The fourth-order valence-corrected chi connectivity index (χ4v) is 1.88. The summed E-state index contributed by atoms with van der Waals surface area (Å²) in [4.78, 5) is 24.8. The zero-order chi connectivity index (χ0) is 13.8. The van der Waals surface area contributed by atoms with Gasteiger partial charge in [0, 0.05) is 11.6 Å². The quantitative estimate of drug-likeness (QED) is 0.649. The molecule has 0 aliphatic carbocycles. The van der Waals surface area contributed by atoms with Crippen LogP contribution in [0.1, 0.15) is 12.0 Å². The molecule has 3 amide bonds. The molecule has 1 aromatic carbocycles. The molecule has 0 spiro atoms. The van der Waals surface area contributed by atoms with E-state index in [2.05, 4.69) is 5.32 Å². The van der Waals surface area contributed by atoms with E-state index in [0.29, 0.717) is 24.5 Å². The molecule has 5 nitrogen and oxygen atoms in total. The molecule has 100 valence electrons. The van der Waals surface area contributed by atoms with Gasteiger partial charge in [-0.1, -0.05) is 23.7 Å². The molecule has 19 heavy (non-hydrogen) atoms. The molecule has 0 aromatic heterocycles. The standard InChI is InChI=1S/C13H14ClN3O2/c14-10-4-2-9(3-5-10)8-11-12(18)17(7-1-6-15)13(19)16-11/h2-5,8H,1,6-7,15H2,(H,16,19)/b11-8+. The van der Waals surface area contributed by atoms with Crippen molar-refractivity contribution in [1.29, 1.82) is 0 Å². The van der Waals surface area contributed by atoms with Crippen LogP contribution in [0.15, 0.2) is 30.0 Å². The van der Waals surface area contributed by atoms with Crippen molar-refractivity contribution in [3.63, 3.8) is 0 Å². The number of hydrogen-bond acceptors (Lipinski definition) is 3. The second-order valence-corrected chi connectivity index (χ2v) is 4.58. The monoisotopic (exact) mass is 279 g/mol. The molecule has 0 bridgehead atoms. The number of carbonyl (C=O) groups is 2. The van der Waals surface area contributed by atoms with Crippen LogP contribution in [0.25, 0.3) is 6.08 Å². The summed E-state index contributed by atoms with van der Waals surface area (Å²) in [7, 11) is 0. The first-order chi connectivity index (χ1) is 9.11. The van der Waals surface area contributed by atoms with Gasteiger partial charge in [0.15, 0.2) is 0 Å². The normalized spacial score (nSPS) is 17.2. The molecule has 1 heterocycles. The summed E-state index contributed by atoms with van der Waals surface area (Å²) in [5, 5.41) is 3.17. The number of amides is 3. The van der Waals surface area contributed by atoms with Crippen LogP contribution in [-0.2, 0) is 4.79 Å². The Balaban J connectivity index is 2.16. The highest BCUT2D eigenvalue weighted by atomic mass is 35.5. The van der Waals surface area contributed by atoms with Crippen LogP contribution in [0.5, 0.6) is 0 Å². The molecule has 0 atom stereocenters. The lowest BCUT2D eigenvalue weighted by molar-refractivity contribution is -0.122. The van der Waals surface area contributed by atoms with Crippen molar-refractivity contribution < 1.29 is 9.59 Å². The van der Waals surface area contributed by atoms with E-state index in [1.165, 1.54) is 0 Å². The minimum absolute atomic E-state index is 0.268. The number of halogens is 1. The Hall–Kier alpha value is -1.85. The van der Waals surface area contributed by atoms with E-state index < -0.39 is 6.03 Å². The van der Waals surface area contributed by atoms with Gasteiger partial charge in [-0.3, -0.25) is 9.69 Å². The number of hydrogen-bond donors (Lipinski definition) is 2. The Labute approximate surface area is 116 Å². The minimum Gasteiger partial charge on any atom is -0.330 e. The summed E-state index contributed by atoms with van der Waals surface area (Å²) < 4.78 is 0. The van der Waals surface area contributed by atoms with Gasteiger partial charge in [-0.15, -0.1) is 0 Å². The first kappa shape index (κ1) is 13.6. The van der Waals surface area contributed by atoms with Crippen molar-refractivity contribution in [3.05, 3.63) is 40.5 Å². The third-order valence-corrected chi connectivity index (χ3v) is 2.98. The smallest absolute Gasteiger partial charge is 0.329 e. The molecule has 1 saturated heterocycles. The molecule has 3 N–H and O–H groups in total. The van der Waals surface area contributed by atoms with Crippen LogP contribution < -0.4 is 11.1 Å². The van der Waals surface area contributed by atoms with Crippen molar-refractivity contribution >= 4 is 29.6 Å². The highest BCUT2D eigenvalue weighted by Crippen LogP contribution is 2.16. The highest BCUT2D eigenvalue weighted by Gasteiger charge is 2.32. The maximum absolute atomic E-state index is 12.0. The van der Waals surface area contributed by atoms with Crippen LogP contribution in [0.4, 0.5) is 4.79 Å². The van der Waals surface area contributed by atoms with Gasteiger partial charge in [0.05, 0.1) is 0 Å². The molecular formula is C13H14ClN3O2. The summed E-state index contributed by atoms with van der Waals surface area (Å²) in [6.07, 6.45) is 2.21. The molecule has 1 aliphatic rings. The van der Waals surface area contributed by atoms with Crippen molar-refractivity contribution in [2.24, 2.45) is 5.73 Å². The zero-order valence-corrected chi connectivity index (χ0v) is 11.0. The SMILES string of the molecule is NCCCN1C(=O)N/C(=C/c2ccc(Cl)cc2)C1=O. The van der Waals surface area contributed by atoms with Gasteiger partial charge in [-0.2, -0.15) is 0 Å². The Kier molecular flexibility index (Phi) is 4.19. The maximum Gasteiger partial charge on any atom is 0.329 e. The fourth-order valence-electron chi connectivity index (χ4n) is 1.75. The molecule has 0 radical (unpaired) electrons. The number of rotatable bonds is 4. The van der Waals surface area contributed by atoms with Gasteiger partial charge in [0.25, 0.3) is 5.91 Å². The lowest BCUT2D eigenvalue weighted by atomic mass is 10.2. The topological polar surface area (TPSA) is 75.4 Å². The second kappa shape index (κ2) is 5.86. The Morgan fingerprint density at radius 3 is 2.58 bits per heavy atom. The van der Waals surface area contributed by atoms with Gasteiger partial charge in [0.2, 0.25) is 0 Å². The second-order valence-electron chi connectivity index (χ2n) is 4.14. The molecular weight excluding hydrogens is 266 g/mol. The van der Waals surface area contributed by atoms with Crippen LogP contribution >= 0.6 is 11.6 Å². The van der Waals surface area contributed by atoms with Crippen LogP contribution in [0, 0.1) is 0 Å². The van der Waals surface area contributed by atoms with E-state index in [1.54, 1.807) is 30.3 Å². The Morgan fingerprint density at radius 1 is 1.26 bits per heavy atom. The minimum atomic E-state index is -0.404. The van der Waals surface area contributed by atoms with Gasteiger partial charge < -0.3 is 11.1 Å².